The Morgan fingerprint density at radius 3 is 2.77 bits per heavy atom. The normalized spacial score (nSPS) is 21.7. The minimum absolute atomic E-state index is 0.233. The summed E-state index contributed by atoms with van der Waals surface area (Å²) < 4.78 is 7.15. The maximum absolute atomic E-state index is 6.28. The van der Waals surface area contributed by atoms with Gasteiger partial charge in [-0.05, 0) is 18.9 Å². The number of hydrogen-bond acceptors (Lipinski definition) is 3. The summed E-state index contributed by atoms with van der Waals surface area (Å²) in [5, 5.41) is 4.13. The molecule has 0 amide bonds. The molecule has 0 saturated carbocycles. The fraction of sp³-hybridized carbons (Fsp3) is 0.667. The maximum Gasteiger partial charge on any atom is 0.0624 e. The molecule has 2 heterocycles. The number of ether oxygens (including phenoxy) is 1. The highest BCUT2D eigenvalue weighted by atomic mass is 16.5. The molecule has 0 spiro atoms. The first-order valence-electron chi connectivity index (χ1n) is 4.57. The molecule has 2 N–H and O–H groups in total. The highest BCUT2D eigenvalue weighted by molar-refractivity contribution is 5.14. The van der Waals surface area contributed by atoms with Crippen LogP contribution in [0.5, 0.6) is 0 Å². The summed E-state index contributed by atoms with van der Waals surface area (Å²) in [5.74, 6) is 0. The van der Waals surface area contributed by atoms with E-state index in [1.165, 1.54) is 0 Å². The monoisotopic (exact) mass is 181 g/mol. The van der Waals surface area contributed by atoms with E-state index in [4.69, 9.17) is 10.5 Å². The average Bonchev–Trinajstić information content (AvgIpc) is 2.53. The summed E-state index contributed by atoms with van der Waals surface area (Å²) in [6, 6.07) is 1.99. The van der Waals surface area contributed by atoms with Gasteiger partial charge in [0, 0.05) is 26.5 Å². The quantitative estimate of drug-likeness (QED) is 0.681. The zero-order valence-corrected chi connectivity index (χ0v) is 7.86. The van der Waals surface area contributed by atoms with Crippen LogP contribution >= 0.6 is 0 Å². The van der Waals surface area contributed by atoms with Crippen molar-refractivity contribution in [3.05, 3.63) is 18.0 Å². The van der Waals surface area contributed by atoms with Crippen LogP contribution < -0.4 is 5.73 Å². The zero-order valence-electron chi connectivity index (χ0n) is 7.86. The Balaban J connectivity index is 2.27. The van der Waals surface area contributed by atoms with Crippen LogP contribution in [0.15, 0.2) is 12.3 Å². The molecule has 13 heavy (non-hydrogen) atoms. The van der Waals surface area contributed by atoms with E-state index in [0.717, 1.165) is 31.7 Å². The number of aromatic nitrogens is 2. The molecule has 1 aliphatic rings. The Morgan fingerprint density at radius 2 is 2.23 bits per heavy atom. The van der Waals surface area contributed by atoms with Crippen LogP contribution in [-0.4, -0.2) is 23.0 Å². The van der Waals surface area contributed by atoms with Crippen molar-refractivity contribution in [1.29, 1.82) is 0 Å². The van der Waals surface area contributed by atoms with E-state index in [9.17, 15) is 0 Å². The van der Waals surface area contributed by atoms with Gasteiger partial charge >= 0.3 is 0 Å². The second-order valence-electron chi connectivity index (χ2n) is 3.61. The first kappa shape index (κ1) is 8.72. The number of hydrogen-bond donors (Lipinski definition) is 1. The molecule has 1 aromatic heterocycles. The standard InChI is InChI=1S/C9H15N3O/c1-12-8(2-5-11-12)9(10)3-6-13-7-4-9/h2,5H,3-4,6-7,10H2,1H3. The number of rotatable bonds is 1. The van der Waals surface area contributed by atoms with Crippen LogP contribution in [0.1, 0.15) is 18.5 Å². The number of aryl methyl sites for hydroxylation is 1. The molecule has 1 saturated heterocycles. The van der Waals surface area contributed by atoms with Crippen LogP contribution in [0.3, 0.4) is 0 Å². The van der Waals surface area contributed by atoms with Gasteiger partial charge in [-0.15, -0.1) is 0 Å². The van der Waals surface area contributed by atoms with Crippen molar-refractivity contribution < 1.29 is 4.74 Å². The summed E-state index contributed by atoms with van der Waals surface area (Å²) in [7, 11) is 1.93. The van der Waals surface area contributed by atoms with Gasteiger partial charge in [0.2, 0.25) is 0 Å². The molecule has 0 radical (unpaired) electrons. The maximum atomic E-state index is 6.28. The fourth-order valence-corrected chi connectivity index (χ4v) is 1.85. The number of nitrogens with two attached hydrogens (primary N) is 1. The van der Waals surface area contributed by atoms with Gasteiger partial charge in [0.1, 0.15) is 0 Å². The van der Waals surface area contributed by atoms with E-state index >= 15 is 0 Å². The van der Waals surface area contributed by atoms with Gasteiger partial charge in [-0.3, -0.25) is 4.68 Å². The lowest BCUT2D eigenvalue weighted by atomic mass is 9.88. The highest BCUT2D eigenvalue weighted by Crippen LogP contribution is 2.28. The Bertz CT molecular complexity index is 289. The zero-order chi connectivity index (χ0) is 9.31. The summed E-state index contributed by atoms with van der Waals surface area (Å²) >= 11 is 0. The first-order chi connectivity index (χ1) is 6.22. The van der Waals surface area contributed by atoms with Crippen LogP contribution in [0.4, 0.5) is 0 Å². The molecule has 2 rings (SSSR count). The van der Waals surface area contributed by atoms with Crippen molar-refractivity contribution in [3.63, 3.8) is 0 Å². The highest BCUT2D eigenvalue weighted by Gasteiger charge is 2.32. The van der Waals surface area contributed by atoms with Crippen molar-refractivity contribution in [1.82, 2.24) is 9.78 Å². The Labute approximate surface area is 77.7 Å². The Hall–Kier alpha value is -0.870. The summed E-state index contributed by atoms with van der Waals surface area (Å²) in [5.41, 5.74) is 7.16. The van der Waals surface area contributed by atoms with E-state index in [1.807, 2.05) is 17.8 Å². The van der Waals surface area contributed by atoms with Gasteiger partial charge in [0.05, 0.1) is 11.2 Å². The van der Waals surface area contributed by atoms with Crippen molar-refractivity contribution in [2.75, 3.05) is 13.2 Å². The summed E-state index contributed by atoms with van der Waals surface area (Å²) in [4.78, 5) is 0. The SMILES string of the molecule is Cn1nccc1C1(N)CCOCC1. The van der Waals surface area contributed by atoms with Gasteiger partial charge < -0.3 is 10.5 Å². The largest absolute Gasteiger partial charge is 0.381 e. The smallest absolute Gasteiger partial charge is 0.0624 e. The number of nitrogens with zero attached hydrogens (tertiary/aromatic N) is 2. The molecule has 1 aromatic rings. The molecule has 72 valence electrons. The van der Waals surface area contributed by atoms with Gasteiger partial charge in [-0.2, -0.15) is 5.10 Å². The van der Waals surface area contributed by atoms with Crippen molar-refractivity contribution >= 4 is 0 Å². The average molecular weight is 181 g/mol. The molecule has 0 unspecified atom stereocenters. The lowest BCUT2D eigenvalue weighted by Crippen LogP contribution is -2.43. The third-order valence-electron chi connectivity index (χ3n) is 2.72. The molecule has 1 aliphatic heterocycles. The van der Waals surface area contributed by atoms with E-state index in [2.05, 4.69) is 5.10 Å². The van der Waals surface area contributed by atoms with Crippen LogP contribution in [-0.2, 0) is 17.3 Å². The molecule has 1 fully saturated rings. The molecule has 0 bridgehead atoms. The third kappa shape index (κ3) is 1.47. The minimum Gasteiger partial charge on any atom is -0.381 e. The van der Waals surface area contributed by atoms with Gasteiger partial charge in [0.15, 0.2) is 0 Å². The third-order valence-corrected chi connectivity index (χ3v) is 2.72. The predicted octanol–water partition coefficient (Wildman–Crippen LogP) is 0.384. The first-order valence-corrected chi connectivity index (χ1v) is 4.57. The summed E-state index contributed by atoms with van der Waals surface area (Å²) in [6.07, 6.45) is 3.55. The van der Waals surface area contributed by atoms with Crippen molar-refractivity contribution in [2.45, 2.75) is 18.4 Å². The van der Waals surface area contributed by atoms with Crippen LogP contribution in [0, 0.1) is 0 Å². The Morgan fingerprint density at radius 1 is 1.54 bits per heavy atom. The molecule has 4 heteroatoms. The molecule has 0 aliphatic carbocycles. The lowest BCUT2D eigenvalue weighted by Gasteiger charge is -2.33. The molecule has 0 aromatic carbocycles. The van der Waals surface area contributed by atoms with E-state index in [0.29, 0.717) is 0 Å². The van der Waals surface area contributed by atoms with Crippen molar-refractivity contribution in [3.8, 4) is 0 Å². The van der Waals surface area contributed by atoms with Crippen LogP contribution in [0.2, 0.25) is 0 Å². The molecular formula is C9H15N3O. The van der Waals surface area contributed by atoms with Gasteiger partial charge in [-0.25, -0.2) is 0 Å². The van der Waals surface area contributed by atoms with E-state index in [-0.39, 0.29) is 5.54 Å². The molecule has 4 nitrogen and oxygen atoms in total. The van der Waals surface area contributed by atoms with Crippen molar-refractivity contribution in [2.24, 2.45) is 12.8 Å². The predicted molar refractivity (Wildman–Crippen MR) is 49.1 cm³/mol. The van der Waals surface area contributed by atoms with Crippen LogP contribution in [0.25, 0.3) is 0 Å². The van der Waals surface area contributed by atoms with E-state index < -0.39 is 0 Å². The fourth-order valence-electron chi connectivity index (χ4n) is 1.85. The van der Waals surface area contributed by atoms with Gasteiger partial charge in [0.25, 0.3) is 0 Å². The molecule has 0 atom stereocenters. The van der Waals surface area contributed by atoms with E-state index in [1.54, 1.807) is 6.20 Å². The minimum atomic E-state index is -0.233. The topological polar surface area (TPSA) is 53.1 Å². The second kappa shape index (κ2) is 3.12. The lowest BCUT2D eigenvalue weighted by molar-refractivity contribution is 0.0495. The summed E-state index contributed by atoms with van der Waals surface area (Å²) in [6.45, 7) is 1.50. The Kier molecular flexibility index (Phi) is 2.09. The van der Waals surface area contributed by atoms with Gasteiger partial charge in [-0.1, -0.05) is 0 Å². The molecular weight excluding hydrogens is 166 g/mol. The second-order valence-corrected chi connectivity index (χ2v) is 3.61.